The summed E-state index contributed by atoms with van der Waals surface area (Å²) in [5.74, 6) is -1.17. The summed E-state index contributed by atoms with van der Waals surface area (Å²) in [6, 6.07) is 7.88. The van der Waals surface area contributed by atoms with Crippen molar-refractivity contribution in [2.75, 3.05) is 24.7 Å². The van der Waals surface area contributed by atoms with Crippen molar-refractivity contribution in [2.45, 2.75) is 0 Å². The summed E-state index contributed by atoms with van der Waals surface area (Å²) in [5.41, 5.74) is 12.9. The Kier molecular flexibility index (Phi) is 4.45. The van der Waals surface area contributed by atoms with Crippen molar-refractivity contribution < 1.29 is 23.9 Å². The fourth-order valence-corrected chi connectivity index (χ4v) is 2.79. The van der Waals surface area contributed by atoms with Crippen LogP contribution in [0.2, 0.25) is 0 Å². The van der Waals surface area contributed by atoms with Crippen LogP contribution in [0.1, 0.15) is 31.8 Å². The number of ketones is 2. The highest BCUT2D eigenvalue weighted by Gasteiger charge is 2.34. The maximum absolute atomic E-state index is 12.8. The third kappa shape index (κ3) is 2.79. The van der Waals surface area contributed by atoms with Gasteiger partial charge in [-0.1, -0.05) is 30.8 Å². The van der Waals surface area contributed by atoms with Gasteiger partial charge < -0.3 is 20.9 Å². The van der Waals surface area contributed by atoms with Gasteiger partial charge >= 0.3 is 5.97 Å². The van der Waals surface area contributed by atoms with Crippen LogP contribution in [0.4, 0.5) is 11.4 Å². The summed E-state index contributed by atoms with van der Waals surface area (Å²) in [7, 11) is 0. The lowest BCUT2D eigenvalue weighted by Gasteiger charge is -2.22. The van der Waals surface area contributed by atoms with Crippen molar-refractivity contribution in [1.29, 1.82) is 0 Å². The number of anilines is 2. The zero-order valence-corrected chi connectivity index (χ0v) is 13.8. The van der Waals surface area contributed by atoms with E-state index in [9.17, 15) is 14.4 Å². The first-order chi connectivity index (χ1) is 12.5. The van der Waals surface area contributed by atoms with Crippen molar-refractivity contribution in [3.63, 3.8) is 0 Å². The van der Waals surface area contributed by atoms with Gasteiger partial charge in [-0.3, -0.25) is 9.59 Å². The molecule has 0 aliphatic heterocycles. The number of fused-ring (bicyclic) bond motifs is 2. The minimum atomic E-state index is -0.580. The highest BCUT2D eigenvalue weighted by Crippen LogP contribution is 2.39. The van der Waals surface area contributed by atoms with Crippen molar-refractivity contribution in [3.05, 3.63) is 65.2 Å². The summed E-state index contributed by atoms with van der Waals surface area (Å²) in [4.78, 5) is 36.5. The number of carbonyl (C=O) groups is 3. The van der Waals surface area contributed by atoms with Crippen LogP contribution in [0.5, 0.6) is 5.75 Å². The molecule has 0 saturated carbocycles. The van der Waals surface area contributed by atoms with Gasteiger partial charge in [-0.05, 0) is 0 Å². The molecule has 0 atom stereocenters. The molecule has 0 heterocycles. The molecule has 0 radical (unpaired) electrons. The van der Waals surface area contributed by atoms with E-state index < -0.39 is 5.97 Å². The van der Waals surface area contributed by atoms with Crippen LogP contribution in [-0.2, 0) is 9.53 Å². The highest BCUT2D eigenvalue weighted by atomic mass is 16.6. The molecule has 1 aliphatic rings. The summed E-state index contributed by atoms with van der Waals surface area (Å²) in [5, 5.41) is 0. The van der Waals surface area contributed by atoms with E-state index in [2.05, 4.69) is 6.58 Å². The minimum Gasteiger partial charge on any atom is -0.488 e. The van der Waals surface area contributed by atoms with Crippen LogP contribution in [0.25, 0.3) is 0 Å². The van der Waals surface area contributed by atoms with Crippen LogP contribution in [0.15, 0.2) is 43.0 Å². The largest absolute Gasteiger partial charge is 0.488 e. The van der Waals surface area contributed by atoms with Gasteiger partial charge in [0.05, 0.1) is 16.8 Å². The maximum atomic E-state index is 12.8. The van der Waals surface area contributed by atoms with E-state index in [1.165, 1.54) is 6.07 Å². The lowest BCUT2D eigenvalue weighted by Crippen LogP contribution is -2.24. The topological polar surface area (TPSA) is 122 Å². The smallest absolute Gasteiger partial charge is 0.330 e. The highest BCUT2D eigenvalue weighted by molar-refractivity contribution is 6.32. The Morgan fingerprint density at radius 3 is 2.27 bits per heavy atom. The molecule has 3 rings (SSSR count). The summed E-state index contributed by atoms with van der Waals surface area (Å²) >= 11 is 0. The van der Waals surface area contributed by atoms with E-state index in [0.29, 0.717) is 5.56 Å². The van der Waals surface area contributed by atoms with E-state index >= 15 is 0 Å². The summed E-state index contributed by atoms with van der Waals surface area (Å²) in [6.45, 7) is 3.25. The molecule has 2 aromatic rings. The van der Waals surface area contributed by atoms with Crippen LogP contribution in [0, 0.1) is 0 Å². The van der Waals surface area contributed by atoms with Crippen molar-refractivity contribution in [3.8, 4) is 5.75 Å². The van der Waals surface area contributed by atoms with Crippen LogP contribution in [-0.4, -0.2) is 30.7 Å². The van der Waals surface area contributed by atoms with Crippen LogP contribution < -0.4 is 16.2 Å². The van der Waals surface area contributed by atoms with Gasteiger partial charge in [0.1, 0.15) is 19.0 Å². The molecule has 132 valence electrons. The van der Waals surface area contributed by atoms with Gasteiger partial charge in [0.25, 0.3) is 0 Å². The van der Waals surface area contributed by atoms with E-state index in [4.69, 9.17) is 20.9 Å². The standard InChI is InChI=1S/C19H16N2O5/c1-2-14(22)26-8-7-25-13-9-12(20)15-16(17(13)21)19(24)11-6-4-3-5-10(11)18(15)23/h2-6,9H,1,7-8,20-21H2. The number of esters is 1. The molecule has 0 unspecified atom stereocenters. The summed E-state index contributed by atoms with van der Waals surface area (Å²) in [6.07, 6.45) is 1.03. The number of carbonyl (C=O) groups excluding carboxylic acids is 3. The predicted octanol–water partition coefficient (Wildman–Crippen LogP) is 1.73. The first-order valence-electron chi connectivity index (χ1n) is 7.78. The van der Waals surface area contributed by atoms with Gasteiger partial charge in [-0.2, -0.15) is 0 Å². The third-order valence-corrected chi connectivity index (χ3v) is 3.98. The molecule has 0 saturated heterocycles. The van der Waals surface area contributed by atoms with Crippen molar-refractivity contribution in [1.82, 2.24) is 0 Å². The van der Waals surface area contributed by atoms with Gasteiger partial charge in [0.15, 0.2) is 11.6 Å². The fraction of sp³-hybridized carbons (Fsp3) is 0.105. The predicted molar refractivity (Wildman–Crippen MR) is 95.2 cm³/mol. The van der Waals surface area contributed by atoms with Gasteiger partial charge in [-0.25, -0.2) is 4.79 Å². The lowest BCUT2D eigenvalue weighted by molar-refractivity contribution is -0.138. The molecule has 2 aromatic carbocycles. The molecule has 0 amide bonds. The SMILES string of the molecule is C=CC(=O)OCCOc1cc(N)c2c(c1N)C(=O)c1ccccc1C2=O. The fourth-order valence-electron chi connectivity index (χ4n) is 2.79. The zero-order chi connectivity index (χ0) is 18.8. The first kappa shape index (κ1) is 17.2. The van der Waals surface area contributed by atoms with E-state index in [0.717, 1.165) is 6.08 Å². The Labute approximate surface area is 149 Å². The Bertz CT molecular complexity index is 949. The monoisotopic (exact) mass is 352 g/mol. The third-order valence-electron chi connectivity index (χ3n) is 3.98. The maximum Gasteiger partial charge on any atom is 0.330 e. The van der Waals surface area contributed by atoms with Crippen LogP contribution >= 0.6 is 0 Å². The van der Waals surface area contributed by atoms with E-state index in [-0.39, 0.29) is 58.6 Å². The number of rotatable bonds is 5. The van der Waals surface area contributed by atoms with Crippen molar-refractivity contribution in [2.24, 2.45) is 0 Å². The molecule has 0 bridgehead atoms. The molecule has 7 heteroatoms. The van der Waals surface area contributed by atoms with Gasteiger partial charge in [0, 0.05) is 29.0 Å². The second-order valence-corrected chi connectivity index (χ2v) is 5.55. The molecule has 0 aromatic heterocycles. The van der Waals surface area contributed by atoms with E-state index in [1.54, 1.807) is 24.3 Å². The number of nitrogens with two attached hydrogens (primary N) is 2. The number of hydrogen-bond donors (Lipinski definition) is 2. The average Bonchev–Trinajstić information content (AvgIpc) is 2.65. The molecule has 26 heavy (non-hydrogen) atoms. The van der Waals surface area contributed by atoms with E-state index in [1.807, 2.05) is 0 Å². The molecule has 0 fully saturated rings. The molecule has 1 aliphatic carbocycles. The number of nitrogen functional groups attached to an aromatic ring is 2. The Morgan fingerprint density at radius 1 is 1.04 bits per heavy atom. The number of ether oxygens (including phenoxy) is 2. The van der Waals surface area contributed by atoms with Gasteiger partial charge in [-0.15, -0.1) is 0 Å². The molecule has 7 nitrogen and oxygen atoms in total. The quantitative estimate of drug-likeness (QED) is 0.310. The molecule has 0 spiro atoms. The summed E-state index contributed by atoms with van der Waals surface area (Å²) < 4.78 is 10.3. The Balaban J connectivity index is 1.94. The number of hydrogen-bond acceptors (Lipinski definition) is 7. The normalized spacial score (nSPS) is 12.2. The Morgan fingerprint density at radius 2 is 1.65 bits per heavy atom. The second kappa shape index (κ2) is 6.72. The first-order valence-corrected chi connectivity index (χ1v) is 7.78. The van der Waals surface area contributed by atoms with Crippen molar-refractivity contribution >= 4 is 28.9 Å². The van der Waals surface area contributed by atoms with Gasteiger partial charge in [0.2, 0.25) is 0 Å². The molecule has 4 N–H and O–H groups in total. The number of benzene rings is 2. The molecular formula is C19H16N2O5. The zero-order valence-electron chi connectivity index (χ0n) is 13.8. The lowest BCUT2D eigenvalue weighted by atomic mass is 9.82. The van der Waals surface area contributed by atoms with Crippen LogP contribution in [0.3, 0.4) is 0 Å². The second-order valence-electron chi connectivity index (χ2n) is 5.55. The average molecular weight is 352 g/mol. The molecular weight excluding hydrogens is 336 g/mol. The minimum absolute atomic E-state index is 0.000725. The Hall–Kier alpha value is -3.61.